The molecule has 0 saturated heterocycles. The molecule has 0 bridgehead atoms. The number of rotatable bonds is 5. The number of benzene rings is 2. The Morgan fingerprint density at radius 1 is 1.14 bits per heavy atom. The third-order valence-electron chi connectivity index (χ3n) is 5.28. The average Bonchev–Trinajstić information content (AvgIpc) is 3.39. The maximum absolute atomic E-state index is 10.7. The molecule has 1 unspecified atom stereocenters. The van der Waals surface area contributed by atoms with Crippen LogP contribution in [0, 0.1) is 0 Å². The average molecular weight is 387 g/mol. The first-order valence-corrected chi connectivity index (χ1v) is 9.69. The van der Waals surface area contributed by atoms with Gasteiger partial charge in [0, 0.05) is 12.5 Å². The van der Waals surface area contributed by atoms with E-state index < -0.39 is 6.23 Å². The number of aliphatic hydroxyl groups is 1. The fourth-order valence-corrected chi connectivity index (χ4v) is 3.83. The van der Waals surface area contributed by atoms with Gasteiger partial charge >= 0.3 is 0 Å². The van der Waals surface area contributed by atoms with Crippen molar-refractivity contribution in [2.75, 3.05) is 0 Å². The maximum atomic E-state index is 10.7. The molecule has 1 aliphatic heterocycles. The van der Waals surface area contributed by atoms with Crippen LogP contribution < -0.4 is 5.32 Å². The van der Waals surface area contributed by atoms with Crippen LogP contribution in [0.2, 0.25) is 0 Å². The van der Waals surface area contributed by atoms with Gasteiger partial charge in [-0.3, -0.25) is 9.88 Å². The number of aryl methyl sites for hydroxylation is 1. The first kappa shape index (κ1) is 17.8. The van der Waals surface area contributed by atoms with Crippen LogP contribution in [0.15, 0.2) is 71.5 Å². The summed E-state index contributed by atoms with van der Waals surface area (Å²) in [6.45, 7) is 0. The minimum atomic E-state index is -0.959. The lowest BCUT2D eigenvalue weighted by molar-refractivity contribution is 0.111. The fourth-order valence-electron chi connectivity index (χ4n) is 3.83. The van der Waals surface area contributed by atoms with Crippen molar-refractivity contribution in [1.82, 2.24) is 25.2 Å². The van der Waals surface area contributed by atoms with Gasteiger partial charge in [-0.2, -0.15) is 0 Å². The monoisotopic (exact) mass is 387 g/mol. The molecule has 7 nitrogen and oxygen atoms in total. The van der Waals surface area contributed by atoms with Crippen LogP contribution in [0.25, 0.3) is 5.69 Å². The summed E-state index contributed by atoms with van der Waals surface area (Å²) in [4.78, 5) is 0. The van der Waals surface area contributed by atoms with Gasteiger partial charge in [0.1, 0.15) is 17.8 Å². The molecule has 0 radical (unpaired) electrons. The number of aromatic nitrogens is 4. The lowest BCUT2D eigenvalue weighted by Gasteiger charge is -2.19. The SMILES string of the molecule is OC(N[C@H]1CCc2ccccc2-n2cnnc21)c1cc(Cc2ccccc2)on1. The second-order valence-electron chi connectivity index (χ2n) is 7.23. The highest BCUT2D eigenvalue weighted by molar-refractivity contribution is 5.43. The minimum absolute atomic E-state index is 0.158. The van der Waals surface area contributed by atoms with E-state index in [4.69, 9.17) is 4.52 Å². The third kappa shape index (κ3) is 3.57. The second-order valence-corrected chi connectivity index (χ2v) is 7.23. The number of fused-ring (bicyclic) bond motifs is 3. The van der Waals surface area contributed by atoms with Crippen LogP contribution in [0.4, 0.5) is 0 Å². The predicted octanol–water partition coefficient (Wildman–Crippen LogP) is 3.11. The summed E-state index contributed by atoms with van der Waals surface area (Å²) in [6.07, 6.45) is 3.06. The van der Waals surface area contributed by atoms with E-state index in [0.717, 1.165) is 29.9 Å². The molecule has 2 aromatic carbocycles. The summed E-state index contributed by atoms with van der Waals surface area (Å²) in [7, 11) is 0. The molecule has 4 aromatic rings. The Morgan fingerprint density at radius 3 is 2.86 bits per heavy atom. The first-order valence-electron chi connectivity index (χ1n) is 9.69. The predicted molar refractivity (Wildman–Crippen MR) is 106 cm³/mol. The van der Waals surface area contributed by atoms with Crippen LogP contribution in [-0.4, -0.2) is 25.0 Å². The Kier molecular flexibility index (Phi) is 4.67. The molecule has 0 aliphatic carbocycles. The molecule has 7 heteroatoms. The Hall–Kier alpha value is -3.29. The number of nitrogens with zero attached hydrogens (tertiary/aromatic N) is 4. The van der Waals surface area contributed by atoms with Crippen molar-refractivity contribution in [1.29, 1.82) is 0 Å². The molecule has 1 aliphatic rings. The summed E-state index contributed by atoms with van der Waals surface area (Å²) >= 11 is 0. The van der Waals surface area contributed by atoms with Gasteiger partial charge in [0.2, 0.25) is 0 Å². The lowest BCUT2D eigenvalue weighted by atomic mass is 10.1. The molecule has 146 valence electrons. The highest BCUT2D eigenvalue weighted by Crippen LogP contribution is 2.29. The van der Waals surface area contributed by atoms with Gasteiger partial charge < -0.3 is 9.63 Å². The van der Waals surface area contributed by atoms with E-state index in [9.17, 15) is 5.11 Å². The largest absolute Gasteiger partial charge is 0.372 e. The molecule has 2 atom stereocenters. The van der Waals surface area contributed by atoms with Crippen LogP contribution in [0.3, 0.4) is 0 Å². The Labute approximate surface area is 168 Å². The molecule has 5 rings (SSSR count). The Bertz CT molecular complexity index is 1110. The van der Waals surface area contributed by atoms with E-state index in [2.05, 4.69) is 32.8 Å². The van der Waals surface area contributed by atoms with Crippen LogP contribution in [0.5, 0.6) is 0 Å². The highest BCUT2D eigenvalue weighted by atomic mass is 16.5. The van der Waals surface area contributed by atoms with Crippen LogP contribution in [0.1, 0.15) is 47.1 Å². The van der Waals surface area contributed by atoms with Gasteiger partial charge in [-0.15, -0.1) is 10.2 Å². The quantitative estimate of drug-likeness (QED) is 0.512. The number of nitrogens with one attached hydrogen (secondary N) is 1. The van der Waals surface area contributed by atoms with Crippen molar-refractivity contribution in [2.45, 2.75) is 31.5 Å². The van der Waals surface area contributed by atoms with Crippen LogP contribution >= 0.6 is 0 Å². The van der Waals surface area contributed by atoms with Gasteiger partial charge in [0.05, 0.1) is 11.7 Å². The van der Waals surface area contributed by atoms with E-state index in [1.54, 1.807) is 12.4 Å². The van der Waals surface area contributed by atoms with Crippen molar-refractivity contribution in [3.8, 4) is 5.69 Å². The van der Waals surface area contributed by atoms with Crippen molar-refractivity contribution >= 4 is 0 Å². The van der Waals surface area contributed by atoms with Gasteiger partial charge in [-0.1, -0.05) is 53.7 Å². The van der Waals surface area contributed by atoms with Crippen molar-refractivity contribution in [2.24, 2.45) is 0 Å². The Morgan fingerprint density at radius 2 is 1.97 bits per heavy atom. The van der Waals surface area contributed by atoms with Gasteiger partial charge in [-0.05, 0) is 30.0 Å². The van der Waals surface area contributed by atoms with Crippen molar-refractivity contribution < 1.29 is 9.63 Å². The molecule has 29 heavy (non-hydrogen) atoms. The van der Waals surface area contributed by atoms with Crippen LogP contribution in [-0.2, 0) is 12.8 Å². The summed E-state index contributed by atoms with van der Waals surface area (Å²) in [5, 5.41) is 26.4. The molecule has 0 amide bonds. The highest BCUT2D eigenvalue weighted by Gasteiger charge is 2.27. The lowest BCUT2D eigenvalue weighted by Crippen LogP contribution is -2.28. The molecular weight excluding hydrogens is 366 g/mol. The molecule has 2 aromatic heterocycles. The summed E-state index contributed by atoms with van der Waals surface area (Å²) < 4.78 is 7.41. The van der Waals surface area contributed by atoms with Gasteiger partial charge in [0.15, 0.2) is 12.1 Å². The molecular formula is C22H21N5O2. The fraction of sp³-hybridized carbons (Fsp3) is 0.227. The third-order valence-corrected chi connectivity index (χ3v) is 5.28. The zero-order valence-corrected chi connectivity index (χ0v) is 15.8. The van der Waals surface area contributed by atoms with Crippen molar-refractivity contribution in [3.63, 3.8) is 0 Å². The standard InChI is InChI=1S/C22H21N5O2/c28-22(19-13-17(29-26-19)12-15-6-2-1-3-7-15)24-18-11-10-16-8-4-5-9-20(16)27-14-23-25-21(18)27/h1-9,13-14,18,22,24,28H,10-12H2/t18-,22?/m0/s1. The van der Waals surface area contributed by atoms with E-state index in [-0.39, 0.29) is 6.04 Å². The first-order chi connectivity index (χ1) is 14.3. The smallest absolute Gasteiger partial charge is 0.154 e. The maximum Gasteiger partial charge on any atom is 0.154 e. The second kappa shape index (κ2) is 7.62. The molecule has 3 heterocycles. The van der Waals surface area contributed by atoms with E-state index in [1.165, 1.54) is 5.56 Å². The van der Waals surface area contributed by atoms with Gasteiger partial charge in [0.25, 0.3) is 0 Å². The van der Waals surface area contributed by atoms with Gasteiger partial charge in [-0.25, -0.2) is 0 Å². The van der Waals surface area contributed by atoms with E-state index in [0.29, 0.717) is 17.9 Å². The normalized spacial score (nSPS) is 16.7. The summed E-state index contributed by atoms with van der Waals surface area (Å²) in [5.41, 5.74) is 3.91. The Balaban J connectivity index is 1.33. The zero-order valence-electron chi connectivity index (χ0n) is 15.8. The molecule has 0 spiro atoms. The van der Waals surface area contributed by atoms with E-state index in [1.807, 2.05) is 47.0 Å². The van der Waals surface area contributed by atoms with E-state index >= 15 is 0 Å². The summed E-state index contributed by atoms with van der Waals surface area (Å²) in [6, 6.07) is 19.9. The summed E-state index contributed by atoms with van der Waals surface area (Å²) in [5.74, 6) is 1.49. The molecule has 2 N–H and O–H groups in total. The molecule has 0 saturated carbocycles. The topological polar surface area (TPSA) is 89.0 Å². The zero-order chi connectivity index (χ0) is 19.6. The molecule has 0 fully saturated rings. The number of hydrogen-bond donors (Lipinski definition) is 2. The number of aliphatic hydroxyl groups excluding tert-OH is 1. The van der Waals surface area contributed by atoms with Crippen molar-refractivity contribution in [3.05, 3.63) is 95.4 Å². The minimum Gasteiger partial charge on any atom is -0.372 e. The number of para-hydroxylation sites is 1. The number of hydrogen-bond acceptors (Lipinski definition) is 6.